The van der Waals surface area contributed by atoms with Crippen molar-refractivity contribution in [3.8, 4) is 0 Å². The van der Waals surface area contributed by atoms with Crippen LogP contribution >= 0.6 is 0 Å². The molecule has 0 aromatic heterocycles. The van der Waals surface area contributed by atoms with E-state index >= 15 is 0 Å². The summed E-state index contributed by atoms with van der Waals surface area (Å²) in [4.78, 5) is 2.38. The molecule has 102 valence electrons. The molecular weight excluding hydrogens is 230 g/mol. The molecule has 0 amide bonds. The molecule has 0 aliphatic carbocycles. The molecule has 0 bridgehead atoms. The van der Waals surface area contributed by atoms with Crippen LogP contribution in [-0.2, 0) is 0 Å². The van der Waals surface area contributed by atoms with Crippen molar-refractivity contribution in [1.82, 2.24) is 4.90 Å². The maximum Gasteiger partial charge on any atom is 0.0221 e. The van der Waals surface area contributed by atoms with Gasteiger partial charge in [0.15, 0.2) is 0 Å². The van der Waals surface area contributed by atoms with Crippen molar-refractivity contribution in [1.29, 1.82) is 0 Å². The molecule has 1 rings (SSSR count). The van der Waals surface area contributed by atoms with Gasteiger partial charge in [-0.15, -0.1) is 0 Å². The molecule has 0 atom stereocenters. The molecule has 1 aliphatic rings. The molecule has 0 saturated heterocycles. The highest BCUT2D eigenvalue weighted by molar-refractivity contribution is 5.40. The van der Waals surface area contributed by atoms with Crippen molar-refractivity contribution in [3.05, 3.63) is 71.7 Å². The minimum absolute atomic E-state index is 1.01. The Hall–Kier alpha value is -1.76. The summed E-state index contributed by atoms with van der Waals surface area (Å²) < 4.78 is 0. The molecule has 1 heterocycles. The maximum atomic E-state index is 3.78. The summed E-state index contributed by atoms with van der Waals surface area (Å²) in [5, 5.41) is 0. The van der Waals surface area contributed by atoms with Gasteiger partial charge in [0.25, 0.3) is 0 Å². The van der Waals surface area contributed by atoms with Gasteiger partial charge in [-0.1, -0.05) is 48.6 Å². The zero-order chi connectivity index (χ0) is 14.3. The van der Waals surface area contributed by atoms with Crippen molar-refractivity contribution in [2.45, 2.75) is 34.1 Å². The Morgan fingerprint density at radius 1 is 1.37 bits per heavy atom. The Kier molecular flexibility index (Phi) is 6.14. The summed E-state index contributed by atoms with van der Waals surface area (Å²) in [5.74, 6) is 0. The van der Waals surface area contributed by atoms with Crippen LogP contribution in [0.5, 0.6) is 0 Å². The Balaban J connectivity index is 2.95. The molecule has 0 aromatic rings. The summed E-state index contributed by atoms with van der Waals surface area (Å²) in [6.45, 7) is 13.3. The lowest BCUT2D eigenvalue weighted by Crippen LogP contribution is -2.15. The lowest BCUT2D eigenvalue weighted by atomic mass is 10.1. The predicted molar refractivity (Wildman–Crippen MR) is 85.7 cm³/mol. The molecule has 0 radical (unpaired) electrons. The van der Waals surface area contributed by atoms with Gasteiger partial charge in [-0.05, 0) is 39.3 Å². The van der Waals surface area contributed by atoms with Crippen LogP contribution in [0.3, 0.4) is 0 Å². The fraction of sp³-hybridized carbons (Fsp3) is 0.333. The molecule has 0 aromatic carbocycles. The van der Waals surface area contributed by atoms with Crippen molar-refractivity contribution < 1.29 is 0 Å². The highest BCUT2D eigenvalue weighted by Crippen LogP contribution is 2.32. The first-order chi connectivity index (χ1) is 9.13. The van der Waals surface area contributed by atoms with Gasteiger partial charge in [-0.2, -0.15) is 0 Å². The molecule has 1 heteroatoms. The van der Waals surface area contributed by atoms with Crippen molar-refractivity contribution in [2.24, 2.45) is 0 Å². The van der Waals surface area contributed by atoms with Gasteiger partial charge < -0.3 is 4.90 Å². The van der Waals surface area contributed by atoms with Crippen molar-refractivity contribution >= 4 is 0 Å². The SMILES string of the molecule is C=C/C(C)=C\C=C1/CC(/C=C\C=C/C)=C(C)N1CC. The van der Waals surface area contributed by atoms with Crippen LogP contribution in [0.2, 0.25) is 0 Å². The predicted octanol–water partition coefficient (Wildman–Crippen LogP) is 5.13. The zero-order valence-corrected chi connectivity index (χ0v) is 12.6. The van der Waals surface area contributed by atoms with Crippen molar-refractivity contribution in [2.75, 3.05) is 6.54 Å². The van der Waals surface area contributed by atoms with Crippen LogP contribution in [0.1, 0.15) is 34.1 Å². The summed E-state index contributed by atoms with van der Waals surface area (Å²) in [5.41, 5.74) is 5.32. The third kappa shape index (κ3) is 4.13. The molecule has 0 unspecified atom stereocenters. The van der Waals surface area contributed by atoms with Gasteiger partial charge in [0, 0.05) is 24.4 Å². The Morgan fingerprint density at radius 3 is 2.68 bits per heavy atom. The Morgan fingerprint density at radius 2 is 2.11 bits per heavy atom. The van der Waals surface area contributed by atoms with Gasteiger partial charge in [-0.25, -0.2) is 0 Å². The molecule has 1 nitrogen and oxygen atoms in total. The molecule has 19 heavy (non-hydrogen) atoms. The van der Waals surface area contributed by atoms with Crippen LogP contribution in [0, 0.1) is 0 Å². The van der Waals surface area contributed by atoms with Gasteiger partial charge in [0.2, 0.25) is 0 Å². The summed E-state index contributed by atoms with van der Waals surface area (Å²) in [7, 11) is 0. The lowest BCUT2D eigenvalue weighted by molar-refractivity contribution is 0.467. The van der Waals surface area contributed by atoms with E-state index < -0.39 is 0 Å². The number of hydrogen-bond acceptors (Lipinski definition) is 1. The van der Waals surface area contributed by atoms with E-state index in [2.05, 4.69) is 62.6 Å². The van der Waals surface area contributed by atoms with Gasteiger partial charge in [0.05, 0.1) is 0 Å². The van der Waals surface area contributed by atoms with E-state index in [1.54, 1.807) is 0 Å². The fourth-order valence-electron chi connectivity index (χ4n) is 2.15. The third-order valence-electron chi connectivity index (χ3n) is 3.37. The first-order valence-corrected chi connectivity index (χ1v) is 6.90. The van der Waals surface area contributed by atoms with E-state index in [1.807, 2.05) is 19.1 Å². The van der Waals surface area contributed by atoms with Gasteiger partial charge >= 0.3 is 0 Å². The number of nitrogens with zero attached hydrogens (tertiary/aromatic N) is 1. The normalized spacial score (nSPS) is 19.5. The average molecular weight is 255 g/mol. The molecule has 0 fully saturated rings. The highest BCUT2D eigenvalue weighted by Gasteiger charge is 2.20. The summed E-state index contributed by atoms with van der Waals surface area (Å²) in [6.07, 6.45) is 15.7. The van der Waals surface area contributed by atoms with Crippen LogP contribution in [0.15, 0.2) is 71.7 Å². The first-order valence-electron chi connectivity index (χ1n) is 6.90. The highest BCUT2D eigenvalue weighted by atomic mass is 15.2. The molecule has 0 spiro atoms. The summed E-state index contributed by atoms with van der Waals surface area (Å²) >= 11 is 0. The molecule has 1 aliphatic heterocycles. The quantitative estimate of drug-likeness (QED) is 0.615. The van der Waals surface area contributed by atoms with E-state index in [0.717, 1.165) is 13.0 Å². The zero-order valence-electron chi connectivity index (χ0n) is 12.6. The van der Waals surface area contributed by atoms with Gasteiger partial charge in [-0.3, -0.25) is 0 Å². The second-order valence-electron chi connectivity index (χ2n) is 4.69. The Bertz CT molecular complexity index is 470. The number of rotatable bonds is 5. The summed E-state index contributed by atoms with van der Waals surface area (Å²) in [6, 6.07) is 0. The van der Waals surface area contributed by atoms with Crippen LogP contribution < -0.4 is 0 Å². The Labute approximate surface area is 118 Å². The van der Waals surface area contributed by atoms with Crippen LogP contribution in [0.4, 0.5) is 0 Å². The monoisotopic (exact) mass is 255 g/mol. The van der Waals surface area contributed by atoms with Gasteiger partial charge in [0.1, 0.15) is 0 Å². The number of allylic oxidation sites excluding steroid dienone is 10. The van der Waals surface area contributed by atoms with Crippen LogP contribution in [-0.4, -0.2) is 11.4 Å². The minimum atomic E-state index is 1.01. The smallest absolute Gasteiger partial charge is 0.0221 e. The average Bonchev–Trinajstić information content (AvgIpc) is 2.72. The second kappa shape index (κ2) is 7.63. The minimum Gasteiger partial charge on any atom is -0.349 e. The maximum absolute atomic E-state index is 3.78. The van der Waals surface area contributed by atoms with Crippen molar-refractivity contribution in [3.63, 3.8) is 0 Å². The largest absolute Gasteiger partial charge is 0.349 e. The van der Waals surface area contributed by atoms with E-state index in [1.165, 1.54) is 22.5 Å². The topological polar surface area (TPSA) is 3.24 Å². The molecular formula is C18H25N. The van der Waals surface area contributed by atoms with E-state index in [4.69, 9.17) is 0 Å². The third-order valence-corrected chi connectivity index (χ3v) is 3.37. The number of hydrogen-bond donors (Lipinski definition) is 0. The van der Waals surface area contributed by atoms with Crippen LogP contribution in [0.25, 0.3) is 0 Å². The second-order valence-corrected chi connectivity index (χ2v) is 4.69. The molecule has 0 saturated carbocycles. The molecule has 0 N–H and O–H groups in total. The fourth-order valence-corrected chi connectivity index (χ4v) is 2.15. The van der Waals surface area contributed by atoms with E-state index in [9.17, 15) is 0 Å². The van der Waals surface area contributed by atoms with E-state index in [0.29, 0.717) is 0 Å². The standard InChI is InChI=1S/C18H25N/c1-6-9-10-11-17-14-18(13-12-15(4)7-2)19(8-3)16(17)5/h6-7,9-13H,2,8,14H2,1,3-5H3/b9-6-,11-10-,15-12-,18-13+. The van der Waals surface area contributed by atoms with E-state index in [-0.39, 0.29) is 0 Å². The lowest BCUT2D eigenvalue weighted by Gasteiger charge is -2.19. The first kappa shape index (κ1) is 15.3.